The van der Waals surface area contributed by atoms with Crippen LogP contribution in [0.3, 0.4) is 0 Å². The maximum atomic E-state index is 13.5. The molecule has 0 spiro atoms. The minimum absolute atomic E-state index is 0.286. The molecule has 0 atom stereocenters. The van der Waals surface area contributed by atoms with Crippen molar-refractivity contribution in [1.82, 2.24) is 9.13 Å². The van der Waals surface area contributed by atoms with E-state index in [2.05, 4.69) is 0 Å². The van der Waals surface area contributed by atoms with Crippen LogP contribution in [0.1, 0.15) is 22.3 Å². The molecular formula is C24H22N2O2. The lowest BCUT2D eigenvalue weighted by Crippen LogP contribution is -2.39. The van der Waals surface area contributed by atoms with Crippen LogP contribution in [0.15, 0.2) is 76.3 Å². The largest absolute Gasteiger partial charge is 0.336 e. The standard InChI is InChI=1S/C24H22N2O2/c1-16-12-17(2)14-20(13-16)26-23(27)21-10-6-7-11-22(21)25(24(26)28)15-19-9-5-4-8-18(19)3/h4-14H,15H2,1-3H3. The fourth-order valence-electron chi connectivity index (χ4n) is 3.74. The average Bonchev–Trinajstić information content (AvgIpc) is 2.66. The molecule has 0 fully saturated rings. The zero-order valence-corrected chi connectivity index (χ0v) is 16.3. The second-order valence-electron chi connectivity index (χ2n) is 7.30. The first kappa shape index (κ1) is 18.0. The SMILES string of the molecule is Cc1cc(C)cc(-n2c(=O)c3ccccc3n(Cc3ccccc3C)c2=O)c1. The number of nitrogens with zero attached hydrogens (tertiary/aromatic N) is 2. The van der Waals surface area contributed by atoms with Crippen LogP contribution < -0.4 is 11.2 Å². The van der Waals surface area contributed by atoms with Crippen LogP contribution in [0.4, 0.5) is 0 Å². The summed E-state index contributed by atoms with van der Waals surface area (Å²) in [4.78, 5) is 26.7. The predicted octanol–water partition coefficient (Wildman–Crippen LogP) is 4.13. The van der Waals surface area contributed by atoms with Gasteiger partial charge >= 0.3 is 5.69 Å². The summed E-state index contributed by atoms with van der Waals surface area (Å²) in [6.45, 7) is 6.38. The summed E-state index contributed by atoms with van der Waals surface area (Å²) in [6.07, 6.45) is 0. The molecule has 0 saturated carbocycles. The van der Waals surface area contributed by atoms with Crippen molar-refractivity contribution >= 4 is 10.9 Å². The molecule has 0 N–H and O–H groups in total. The van der Waals surface area contributed by atoms with Gasteiger partial charge in [-0.2, -0.15) is 0 Å². The minimum Gasteiger partial charge on any atom is -0.288 e. The fourth-order valence-corrected chi connectivity index (χ4v) is 3.74. The van der Waals surface area contributed by atoms with Gasteiger partial charge in [-0.25, -0.2) is 9.36 Å². The van der Waals surface area contributed by atoms with E-state index in [1.54, 1.807) is 10.6 Å². The quantitative estimate of drug-likeness (QED) is 0.544. The summed E-state index contributed by atoms with van der Waals surface area (Å²) in [6, 6.07) is 21.1. The first-order chi connectivity index (χ1) is 13.5. The highest BCUT2D eigenvalue weighted by molar-refractivity contribution is 5.78. The second kappa shape index (κ2) is 6.97. The number of aromatic nitrogens is 2. The summed E-state index contributed by atoms with van der Waals surface area (Å²) in [7, 11) is 0. The monoisotopic (exact) mass is 370 g/mol. The van der Waals surface area contributed by atoms with Crippen molar-refractivity contribution in [3.63, 3.8) is 0 Å². The molecular weight excluding hydrogens is 348 g/mol. The Morgan fingerprint density at radius 3 is 2.14 bits per heavy atom. The molecule has 0 saturated heterocycles. The van der Waals surface area contributed by atoms with E-state index in [0.29, 0.717) is 23.1 Å². The van der Waals surface area contributed by atoms with Gasteiger partial charge in [0.15, 0.2) is 0 Å². The molecule has 0 aliphatic rings. The Morgan fingerprint density at radius 1 is 0.786 bits per heavy atom. The summed E-state index contributed by atoms with van der Waals surface area (Å²) in [5.41, 5.74) is 4.85. The fraction of sp³-hybridized carbons (Fsp3) is 0.167. The lowest BCUT2D eigenvalue weighted by Gasteiger charge is -2.16. The number of para-hydroxylation sites is 1. The van der Waals surface area contributed by atoms with E-state index in [1.807, 2.05) is 81.4 Å². The van der Waals surface area contributed by atoms with Crippen molar-refractivity contribution in [2.45, 2.75) is 27.3 Å². The van der Waals surface area contributed by atoms with E-state index in [9.17, 15) is 9.59 Å². The third-order valence-corrected chi connectivity index (χ3v) is 5.10. The third-order valence-electron chi connectivity index (χ3n) is 5.10. The number of rotatable bonds is 3. The highest BCUT2D eigenvalue weighted by atomic mass is 16.2. The first-order valence-electron chi connectivity index (χ1n) is 9.33. The molecule has 1 aromatic heterocycles. The third kappa shape index (κ3) is 3.07. The van der Waals surface area contributed by atoms with E-state index >= 15 is 0 Å². The van der Waals surface area contributed by atoms with Crippen molar-refractivity contribution in [3.8, 4) is 5.69 Å². The van der Waals surface area contributed by atoms with Gasteiger partial charge in [0, 0.05) is 0 Å². The Hall–Kier alpha value is -3.40. The van der Waals surface area contributed by atoms with Gasteiger partial charge in [-0.15, -0.1) is 0 Å². The predicted molar refractivity (Wildman–Crippen MR) is 114 cm³/mol. The van der Waals surface area contributed by atoms with Crippen molar-refractivity contribution in [3.05, 3.63) is 110 Å². The van der Waals surface area contributed by atoms with Crippen molar-refractivity contribution in [1.29, 1.82) is 0 Å². The number of benzene rings is 3. The molecule has 4 aromatic rings. The number of aryl methyl sites for hydroxylation is 3. The van der Waals surface area contributed by atoms with Crippen molar-refractivity contribution in [2.24, 2.45) is 0 Å². The van der Waals surface area contributed by atoms with Gasteiger partial charge < -0.3 is 0 Å². The summed E-state index contributed by atoms with van der Waals surface area (Å²) < 4.78 is 2.98. The van der Waals surface area contributed by atoms with E-state index in [-0.39, 0.29) is 11.2 Å². The van der Waals surface area contributed by atoms with Gasteiger partial charge in [0.2, 0.25) is 0 Å². The molecule has 4 nitrogen and oxygen atoms in total. The Kier molecular flexibility index (Phi) is 4.47. The molecule has 0 radical (unpaired) electrons. The first-order valence-corrected chi connectivity index (χ1v) is 9.33. The van der Waals surface area contributed by atoms with Gasteiger partial charge in [-0.3, -0.25) is 9.36 Å². The lowest BCUT2D eigenvalue weighted by atomic mass is 10.1. The maximum absolute atomic E-state index is 13.5. The molecule has 0 aliphatic heterocycles. The van der Waals surface area contributed by atoms with E-state index < -0.39 is 0 Å². The summed E-state index contributed by atoms with van der Waals surface area (Å²) >= 11 is 0. The van der Waals surface area contributed by atoms with Crippen molar-refractivity contribution in [2.75, 3.05) is 0 Å². The molecule has 3 aromatic carbocycles. The van der Waals surface area contributed by atoms with Crippen LogP contribution in [-0.2, 0) is 6.54 Å². The molecule has 0 bridgehead atoms. The topological polar surface area (TPSA) is 44.0 Å². The van der Waals surface area contributed by atoms with Gasteiger partial charge in [-0.05, 0) is 67.3 Å². The van der Waals surface area contributed by atoms with Crippen LogP contribution in [-0.4, -0.2) is 9.13 Å². The van der Waals surface area contributed by atoms with E-state index in [4.69, 9.17) is 0 Å². The normalized spacial score (nSPS) is 11.1. The average molecular weight is 370 g/mol. The summed E-state index contributed by atoms with van der Waals surface area (Å²) in [5, 5.41) is 0.537. The highest BCUT2D eigenvalue weighted by Crippen LogP contribution is 2.15. The van der Waals surface area contributed by atoms with E-state index in [1.165, 1.54) is 4.57 Å². The molecule has 1 heterocycles. The number of hydrogen-bond donors (Lipinski definition) is 0. The Labute approximate surface area is 163 Å². The van der Waals surface area contributed by atoms with Crippen LogP contribution in [0, 0.1) is 20.8 Å². The molecule has 140 valence electrons. The number of hydrogen-bond acceptors (Lipinski definition) is 2. The van der Waals surface area contributed by atoms with E-state index in [0.717, 1.165) is 22.3 Å². The maximum Gasteiger partial charge on any atom is 0.336 e. The smallest absolute Gasteiger partial charge is 0.288 e. The zero-order valence-electron chi connectivity index (χ0n) is 16.3. The molecule has 28 heavy (non-hydrogen) atoms. The Balaban J connectivity index is 2.06. The van der Waals surface area contributed by atoms with Gasteiger partial charge in [-0.1, -0.05) is 42.5 Å². The molecule has 4 rings (SSSR count). The molecule has 0 aliphatic carbocycles. The van der Waals surface area contributed by atoms with Gasteiger partial charge in [0.1, 0.15) is 0 Å². The van der Waals surface area contributed by atoms with Gasteiger partial charge in [0.05, 0.1) is 23.1 Å². The van der Waals surface area contributed by atoms with Crippen molar-refractivity contribution < 1.29 is 0 Å². The lowest BCUT2D eigenvalue weighted by molar-refractivity contribution is 0.711. The summed E-state index contributed by atoms with van der Waals surface area (Å²) in [5.74, 6) is 0. The second-order valence-corrected chi connectivity index (χ2v) is 7.30. The minimum atomic E-state index is -0.322. The van der Waals surface area contributed by atoms with Crippen LogP contribution >= 0.6 is 0 Å². The van der Waals surface area contributed by atoms with Crippen LogP contribution in [0.2, 0.25) is 0 Å². The van der Waals surface area contributed by atoms with Gasteiger partial charge in [0.25, 0.3) is 5.56 Å². The Bertz CT molecular complexity index is 1290. The number of fused-ring (bicyclic) bond motifs is 1. The molecule has 0 unspecified atom stereocenters. The molecule has 4 heteroatoms. The molecule has 0 amide bonds. The Morgan fingerprint density at radius 2 is 1.43 bits per heavy atom. The highest BCUT2D eigenvalue weighted by Gasteiger charge is 2.15. The zero-order chi connectivity index (χ0) is 19.8. The van der Waals surface area contributed by atoms with Crippen LogP contribution in [0.5, 0.6) is 0 Å². The van der Waals surface area contributed by atoms with Crippen LogP contribution in [0.25, 0.3) is 16.6 Å².